The van der Waals surface area contributed by atoms with Gasteiger partial charge in [0.25, 0.3) is 0 Å². The molecule has 2 nitrogen and oxygen atoms in total. The summed E-state index contributed by atoms with van der Waals surface area (Å²) in [5.74, 6) is 0.719. The quantitative estimate of drug-likeness (QED) is 0.189. The summed E-state index contributed by atoms with van der Waals surface area (Å²) in [6.07, 6.45) is 0. The highest BCUT2D eigenvalue weighted by Gasteiger charge is 2.37. The van der Waals surface area contributed by atoms with Crippen LogP contribution in [0.1, 0.15) is 25.0 Å². The highest BCUT2D eigenvalue weighted by molar-refractivity contribution is 6.09. The molecule has 2 heteroatoms. The van der Waals surface area contributed by atoms with E-state index in [1.807, 2.05) is 18.2 Å². The standard InChI is InChI=1S/C49H34N2/c1-49(2)43-25-13-24-41(47(43)42-28-33-17-6-7-18-34(33)29-44(42)49)38-26-27-40(37-22-11-10-21-36(37)38)46-30-45(50-48(51-46)32-15-4-3-5-16-32)39-23-12-19-31-14-8-9-20-35(31)39/h3-30H,1-2H3. The van der Waals surface area contributed by atoms with Gasteiger partial charge in [0.2, 0.25) is 0 Å². The van der Waals surface area contributed by atoms with Crippen LogP contribution in [-0.2, 0) is 5.41 Å². The van der Waals surface area contributed by atoms with Crippen LogP contribution in [0.4, 0.5) is 0 Å². The lowest BCUT2D eigenvalue weighted by Crippen LogP contribution is -2.14. The lowest BCUT2D eigenvalue weighted by atomic mass is 9.81. The van der Waals surface area contributed by atoms with Crippen LogP contribution in [0.15, 0.2) is 170 Å². The Bertz CT molecular complexity index is 2820. The molecule has 10 rings (SSSR count). The van der Waals surface area contributed by atoms with E-state index in [9.17, 15) is 0 Å². The maximum Gasteiger partial charge on any atom is 0.160 e. The molecule has 51 heavy (non-hydrogen) atoms. The molecule has 0 saturated heterocycles. The molecule has 0 atom stereocenters. The molecule has 8 aromatic carbocycles. The third-order valence-corrected chi connectivity index (χ3v) is 10.9. The molecule has 1 aromatic heterocycles. The van der Waals surface area contributed by atoms with E-state index in [0.717, 1.165) is 33.9 Å². The Morgan fingerprint density at radius 2 is 0.922 bits per heavy atom. The topological polar surface area (TPSA) is 25.8 Å². The Kier molecular flexibility index (Phi) is 6.56. The van der Waals surface area contributed by atoms with E-state index in [1.165, 1.54) is 65.7 Å². The number of benzene rings is 8. The largest absolute Gasteiger partial charge is 0.228 e. The average molecular weight is 651 g/mol. The number of hydrogen-bond donors (Lipinski definition) is 0. The van der Waals surface area contributed by atoms with Gasteiger partial charge < -0.3 is 0 Å². The van der Waals surface area contributed by atoms with Gasteiger partial charge >= 0.3 is 0 Å². The van der Waals surface area contributed by atoms with Crippen molar-refractivity contribution < 1.29 is 0 Å². The van der Waals surface area contributed by atoms with Crippen molar-refractivity contribution in [3.05, 3.63) is 181 Å². The molecule has 0 spiro atoms. The maximum absolute atomic E-state index is 5.26. The second kappa shape index (κ2) is 11.3. The van der Waals surface area contributed by atoms with Gasteiger partial charge in [0.15, 0.2) is 5.82 Å². The Morgan fingerprint density at radius 3 is 1.69 bits per heavy atom. The predicted molar refractivity (Wildman–Crippen MR) is 214 cm³/mol. The molecule has 0 aliphatic heterocycles. The van der Waals surface area contributed by atoms with Crippen molar-refractivity contribution >= 4 is 32.3 Å². The molecule has 1 heterocycles. The monoisotopic (exact) mass is 650 g/mol. The van der Waals surface area contributed by atoms with E-state index in [0.29, 0.717) is 0 Å². The number of nitrogens with zero attached hydrogens (tertiary/aromatic N) is 2. The van der Waals surface area contributed by atoms with Gasteiger partial charge in [0.1, 0.15) is 0 Å². The molecule has 0 fully saturated rings. The van der Waals surface area contributed by atoms with Gasteiger partial charge in [-0.3, -0.25) is 0 Å². The summed E-state index contributed by atoms with van der Waals surface area (Å²) in [6.45, 7) is 4.73. The van der Waals surface area contributed by atoms with Gasteiger partial charge in [0, 0.05) is 22.1 Å². The fourth-order valence-corrected chi connectivity index (χ4v) is 8.34. The first kappa shape index (κ1) is 29.5. The van der Waals surface area contributed by atoms with Gasteiger partial charge in [-0.05, 0) is 83.9 Å². The van der Waals surface area contributed by atoms with Gasteiger partial charge in [-0.25, -0.2) is 9.97 Å². The molecule has 1 aliphatic carbocycles. The van der Waals surface area contributed by atoms with E-state index >= 15 is 0 Å². The molecule has 240 valence electrons. The highest BCUT2D eigenvalue weighted by Crippen LogP contribution is 2.54. The van der Waals surface area contributed by atoms with Crippen molar-refractivity contribution in [2.75, 3.05) is 0 Å². The average Bonchev–Trinajstić information content (AvgIpc) is 3.41. The molecule has 0 saturated carbocycles. The predicted octanol–water partition coefficient (Wildman–Crippen LogP) is 12.9. The first-order valence-electron chi connectivity index (χ1n) is 17.7. The minimum atomic E-state index is -0.104. The van der Waals surface area contributed by atoms with E-state index in [-0.39, 0.29) is 5.41 Å². The van der Waals surface area contributed by atoms with E-state index < -0.39 is 0 Å². The summed E-state index contributed by atoms with van der Waals surface area (Å²) in [5.41, 5.74) is 12.8. The Balaban J connectivity index is 1.20. The number of aromatic nitrogens is 2. The third kappa shape index (κ3) is 4.64. The summed E-state index contributed by atoms with van der Waals surface area (Å²) in [7, 11) is 0. The number of fused-ring (bicyclic) bond motifs is 6. The van der Waals surface area contributed by atoms with Crippen LogP contribution in [0.3, 0.4) is 0 Å². The lowest BCUT2D eigenvalue weighted by molar-refractivity contribution is 0.661. The molecular weight excluding hydrogens is 617 g/mol. The van der Waals surface area contributed by atoms with Crippen LogP contribution in [0.5, 0.6) is 0 Å². The second-order valence-corrected chi connectivity index (χ2v) is 14.2. The lowest BCUT2D eigenvalue weighted by Gasteiger charge is -2.22. The van der Waals surface area contributed by atoms with E-state index in [1.54, 1.807) is 0 Å². The summed E-state index contributed by atoms with van der Waals surface area (Å²) >= 11 is 0. The maximum atomic E-state index is 5.26. The van der Waals surface area contributed by atoms with E-state index in [2.05, 4.69) is 166 Å². The molecule has 0 unspecified atom stereocenters. The molecular formula is C49H34N2. The summed E-state index contributed by atoms with van der Waals surface area (Å²) in [4.78, 5) is 10.4. The van der Waals surface area contributed by atoms with Crippen LogP contribution in [-0.4, -0.2) is 9.97 Å². The SMILES string of the molecule is CC1(C)c2cc3ccccc3cc2-c2c(-c3ccc(-c4cc(-c5cccc6ccccc56)nc(-c5ccccc5)n4)c4ccccc34)cccc21. The van der Waals surface area contributed by atoms with Gasteiger partial charge in [-0.2, -0.15) is 0 Å². The van der Waals surface area contributed by atoms with Crippen LogP contribution in [0.25, 0.3) is 88.5 Å². The molecule has 0 radical (unpaired) electrons. The molecule has 0 bridgehead atoms. The summed E-state index contributed by atoms with van der Waals surface area (Å²) < 4.78 is 0. The Hall–Kier alpha value is -6.38. The van der Waals surface area contributed by atoms with E-state index in [4.69, 9.17) is 9.97 Å². The number of rotatable bonds is 4. The van der Waals surface area contributed by atoms with Crippen molar-refractivity contribution in [2.24, 2.45) is 0 Å². The molecule has 0 amide bonds. The van der Waals surface area contributed by atoms with Crippen LogP contribution in [0, 0.1) is 0 Å². The normalized spacial score (nSPS) is 13.1. The first-order chi connectivity index (χ1) is 25.0. The van der Waals surface area contributed by atoms with Gasteiger partial charge in [-0.15, -0.1) is 0 Å². The van der Waals surface area contributed by atoms with Crippen molar-refractivity contribution in [3.63, 3.8) is 0 Å². The first-order valence-corrected chi connectivity index (χ1v) is 17.7. The Labute approximate surface area is 297 Å². The molecule has 0 N–H and O–H groups in total. The smallest absolute Gasteiger partial charge is 0.160 e. The fraction of sp³-hybridized carbons (Fsp3) is 0.0612. The van der Waals surface area contributed by atoms with Crippen LogP contribution in [0.2, 0.25) is 0 Å². The zero-order valence-electron chi connectivity index (χ0n) is 28.6. The van der Waals surface area contributed by atoms with Gasteiger partial charge in [0.05, 0.1) is 11.4 Å². The van der Waals surface area contributed by atoms with Crippen LogP contribution < -0.4 is 0 Å². The summed E-state index contributed by atoms with van der Waals surface area (Å²) in [6, 6.07) is 61.2. The zero-order chi connectivity index (χ0) is 34.1. The minimum Gasteiger partial charge on any atom is -0.228 e. The molecule has 9 aromatic rings. The van der Waals surface area contributed by atoms with Crippen molar-refractivity contribution in [2.45, 2.75) is 19.3 Å². The zero-order valence-corrected chi connectivity index (χ0v) is 28.6. The number of hydrogen-bond acceptors (Lipinski definition) is 2. The summed E-state index contributed by atoms with van der Waals surface area (Å²) in [5, 5.41) is 7.32. The third-order valence-electron chi connectivity index (χ3n) is 10.9. The highest BCUT2D eigenvalue weighted by atomic mass is 14.9. The minimum absolute atomic E-state index is 0.104. The Morgan fingerprint density at radius 1 is 0.373 bits per heavy atom. The second-order valence-electron chi connectivity index (χ2n) is 14.2. The molecule has 1 aliphatic rings. The fourth-order valence-electron chi connectivity index (χ4n) is 8.34. The van der Waals surface area contributed by atoms with Crippen molar-refractivity contribution in [1.29, 1.82) is 0 Å². The van der Waals surface area contributed by atoms with Crippen LogP contribution >= 0.6 is 0 Å². The van der Waals surface area contributed by atoms with Crippen molar-refractivity contribution in [3.8, 4) is 56.2 Å². The van der Waals surface area contributed by atoms with Gasteiger partial charge in [-0.1, -0.05) is 166 Å². The van der Waals surface area contributed by atoms with Crippen molar-refractivity contribution in [1.82, 2.24) is 9.97 Å².